The number of benzene rings is 2. The molecule has 0 unspecified atom stereocenters. The van der Waals surface area contributed by atoms with Crippen molar-refractivity contribution < 1.29 is 18.7 Å². The lowest BCUT2D eigenvalue weighted by Gasteiger charge is -2.07. The first kappa shape index (κ1) is 18.2. The smallest absolute Gasteiger partial charge is 0.333 e. The number of rotatable bonds is 8. The van der Waals surface area contributed by atoms with E-state index >= 15 is 0 Å². The Morgan fingerprint density at radius 1 is 1.00 bits per heavy atom. The van der Waals surface area contributed by atoms with Gasteiger partial charge in [-0.2, -0.15) is 0 Å². The standard InChI is InChI=1S/C22H23FO3/c23-20-10-6-18(7-11-20)16-26-21-12-8-17(9-13-21)4-2-1-3-5-19-14-15-25-22(19)24/h5-13H,1-4,14-16H2. The average Bonchev–Trinajstić information content (AvgIpc) is 3.07. The van der Waals surface area contributed by atoms with Crippen molar-refractivity contribution in [3.8, 4) is 5.75 Å². The molecule has 26 heavy (non-hydrogen) atoms. The second-order valence-electron chi connectivity index (χ2n) is 6.42. The highest BCUT2D eigenvalue weighted by molar-refractivity contribution is 5.90. The highest BCUT2D eigenvalue weighted by atomic mass is 19.1. The fourth-order valence-corrected chi connectivity index (χ4v) is 2.88. The molecule has 136 valence electrons. The highest BCUT2D eigenvalue weighted by Crippen LogP contribution is 2.17. The largest absolute Gasteiger partial charge is 0.489 e. The van der Waals surface area contributed by atoms with Crippen LogP contribution in [0.5, 0.6) is 5.75 Å². The molecule has 0 aliphatic carbocycles. The Morgan fingerprint density at radius 2 is 1.73 bits per heavy atom. The summed E-state index contributed by atoms with van der Waals surface area (Å²) in [6.07, 6.45) is 6.82. The summed E-state index contributed by atoms with van der Waals surface area (Å²) < 4.78 is 23.5. The third-order valence-electron chi connectivity index (χ3n) is 4.42. The number of cyclic esters (lactones) is 1. The van der Waals surface area contributed by atoms with E-state index in [0.29, 0.717) is 13.2 Å². The lowest BCUT2D eigenvalue weighted by molar-refractivity contribution is -0.135. The van der Waals surface area contributed by atoms with Crippen molar-refractivity contribution in [1.29, 1.82) is 0 Å². The summed E-state index contributed by atoms with van der Waals surface area (Å²) in [6.45, 7) is 0.955. The third-order valence-corrected chi connectivity index (χ3v) is 4.42. The van der Waals surface area contributed by atoms with Crippen LogP contribution in [0.4, 0.5) is 4.39 Å². The van der Waals surface area contributed by atoms with Gasteiger partial charge in [-0.25, -0.2) is 9.18 Å². The molecular weight excluding hydrogens is 331 g/mol. The molecule has 2 aromatic carbocycles. The van der Waals surface area contributed by atoms with Crippen LogP contribution >= 0.6 is 0 Å². The van der Waals surface area contributed by atoms with Crippen LogP contribution in [-0.2, 0) is 22.6 Å². The normalized spacial score (nSPS) is 15.3. The summed E-state index contributed by atoms with van der Waals surface area (Å²) in [7, 11) is 0. The summed E-state index contributed by atoms with van der Waals surface area (Å²) in [5.41, 5.74) is 3.04. The van der Waals surface area contributed by atoms with Crippen molar-refractivity contribution in [1.82, 2.24) is 0 Å². The van der Waals surface area contributed by atoms with Crippen LogP contribution in [0.15, 0.2) is 60.2 Å². The summed E-state index contributed by atoms with van der Waals surface area (Å²) in [6, 6.07) is 14.4. The Hall–Kier alpha value is -2.62. The first-order chi connectivity index (χ1) is 12.7. The molecule has 0 atom stereocenters. The van der Waals surface area contributed by atoms with Gasteiger partial charge in [-0.05, 0) is 61.1 Å². The number of unbranched alkanes of at least 4 members (excludes halogenated alkanes) is 2. The van der Waals surface area contributed by atoms with Gasteiger partial charge in [-0.1, -0.05) is 30.3 Å². The van der Waals surface area contributed by atoms with Gasteiger partial charge in [0.05, 0.1) is 6.61 Å². The van der Waals surface area contributed by atoms with E-state index in [1.54, 1.807) is 12.1 Å². The second kappa shape index (κ2) is 9.18. The molecule has 0 N–H and O–H groups in total. The zero-order valence-electron chi connectivity index (χ0n) is 14.7. The van der Waals surface area contributed by atoms with E-state index in [-0.39, 0.29) is 11.8 Å². The van der Waals surface area contributed by atoms with Crippen LogP contribution in [0.25, 0.3) is 0 Å². The molecule has 0 amide bonds. The number of allylic oxidation sites excluding steroid dienone is 1. The molecule has 0 bridgehead atoms. The van der Waals surface area contributed by atoms with Crippen LogP contribution in [0.1, 0.15) is 36.8 Å². The van der Waals surface area contributed by atoms with Gasteiger partial charge in [0.2, 0.25) is 0 Å². The fraction of sp³-hybridized carbons (Fsp3) is 0.318. The Kier molecular flexibility index (Phi) is 6.42. The van der Waals surface area contributed by atoms with Crippen molar-refractivity contribution >= 4 is 5.97 Å². The predicted octanol–water partition coefficient (Wildman–Crippen LogP) is 4.99. The molecule has 1 saturated heterocycles. The maximum atomic E-state index is 12.9. The molecule has 4 heteroatoms. The van der Waals surface area contributed by atoms with Crippen LogP contribution in [-0.4, -0.2) is 12.6 Å². The highest BCUT2D eigenvalue weighted by Gasteiger charge is 2.17. The molecule has 3 nitrogen and oxygen atoms in total. The molecule has 1 aliphatic heterocycles. The van der Waals surface area contributed by atoms with E-state index in [9.17, 15) is 9.18 Å². The van der Waals surface area contributed by atoms with Gasteiger partial charge in [0.1, 0.15) is 18.2 Å². The quantitative estimate of drug-likeness (QED) is 0.380. The molecule has 2 aromatic rings. The van der Waals surface area contributed by atoms with Gasteiger partial charge in [-0.15, -0.1) is 0 Å². The summed E-state index contributed by atoms with van der Waals surface area (Å²) in [5.74, 6) is 0.418. The number of hydrogen-bond donors (Lipinski definition) is 0. The van der Waals surface area contributed by atoms with Gasteiger partial charge in [0.25, 0.3) is 0 Å². The van der Waals surface area contributed by atoms with Gasteiger partial charge < -0.3 is 9.47 Å². The van der Waals surface area contributed by atoms with E-state index in [4.69, 9.17) is 9.47 Å². The van der Waals surface area contributed by atoms with Gasteiger partial charge in [-0.3, -0.25) is 0 Å². The SMILES string of the molecule is O=C1OCCC1=CCCCCc1ccc(OCc2ccc(F)cc2)cc1. The Bertz CT molecular complexity index is 748. The molecule has 0 saturated carbocycles. The Balaban J connectivity index is 1.37. The second-order valence-corrected chi connectivity index (χ2v) is 6.42. The topological polar surface area (TPSA) is 35.5 Å². The van der Waals surface area contributed by atoms with Crippen LogP contribution < -0.4 is 4.74 Å². The van der Waals surface area contributed by atoms with Gasteiger partial charge >= 0.3 is 5.97 Å². The van der Waals surface area contributed by atoms with E-state index in [1.807, 2.05) is 18.2 Å². The van der Waals surface area contributed by atoms with Crippen molar-refractivity contribution in [2.75, 3.05) is 6.61 Å². The van der Waals surface area contributed by atoms with Crippen LogP contribution in [0.2, 0.25) is 0 Å². The van der Waals surface area contributed by atoms with Crippen LogP contribution in [0.3, 0.4) is 0 Å². The molecule has 1 heterocycles. The lowest BCUT2D eigenvalue weighted by Crippen LogP contribution is -1.96. The van der Waals surface area contributed by atoms with Crippen molar-refractivity contribution in [3.05, 3.63) is 77.1 Å². The molecule has 1 aliphatic rings. The number of ether oxygens (including phenoxy) is 2. The molecule has 3 rings (SSSR count). The first-order valence-corrected chi connectivity index (χ1v) is 9.03. The number of carbonyl (C=O) groups is 1. The minimum Gasteiger partial charge on any atom is -0.489 e. The van der Waals surface area contributed by atoms with Crippen molar-refractivity contribution in [3.63, 3.8) is 0 Å². The van der Waals surface area contributed by atoms with E-state index < -0.39 is 0 Å². The Labute approximate surface area is 153 Å². The van der Waals surface area contributed by atoms with E-state index in [1.165, 1.54) is 17.7 Å². The minimum absolute atomic E-state index is 0.152. The monoisotopic (exact) mass is 354 g/mol. The minimum atomic E-state index is -0.238. The summed E-state index contributed by atoms with van der Waals surface area (Å²) >= 11 is 0. The number of hydrogen-bond acceptors (Lipinski definition) is 3. The summed E-state index contributed by atoms with van der Waals surface area (Å²) in [5, 5.41) is 0. The first-order valence-electron chi connectivity index (χ1n) is 9.03. The zero-order valence-corrected chi connectivity index (χ0v) is 14.7. The number of esters is 1. The number of halogens is 1. The van der Waals surface area contributed by atoms with E-state index in [2.05, 4.69) is 12.1 Å². The van der Waals surface area contributed by atoms with Crippen molar-refractivity contribution in [2.24, 2.45) is 0 Å². The van der Waals surface area contributed by atoms with E-state index in [0.717, 1.165) is 49.0 Å². The maximum absolute atomic E-state index is 12.9. The Morgan fingerprint density at radius 3 is 2.42 bits per heavy atom. The maximum Gasteiger partial charge on any atom is 0.333 e. The summed E-state index contributed by atoms with van der Waals surface area (Å²) in [4.78, 5) is 11.3. The molecule has 0 spiro atoms. The lowest BCUT2D eigenvalue weighted by atomic mass is 10.1. The van der Waals surface area contributed by atoms with Gasteiger partial charge in [0, 0.05) is 12.0 Å². The predicted molar refractivity (Wildman–Crippen MR) is 98.4 cm³/mol. The fourth-order valence-electron chi connectivity index (χ4n) is 2.88. The number of aryl methyl sites for hydroxylation is 1. The van der Waals surface area contributed by atoms with Gasteiger partial charge in [0.15, 0.2) is 0 Å². The molecular formula is C22H23FO3. The molecule has 1 fully saturated rings. The zero-order chi connectivity index (χ0) is 18.2. The van der Waals surface area contributed by atoms with Crippen molar-refractivity contribution in [2.45, 2.75) is 38.7 Å². The average molecular weight is 354 g/mol. The number of carbonyl (C=O) groups excluding carboxylic acids is 1. The third kappa shape index (κ3) is 5.45. The molecule has 0 aromatic heterocycles. The molecule has 0 radical (unpaired) electrons. The van der Waals surface area contributed by atoms with Crippen LogP contribution in [0, 0.1) is 5.82 Å².